The molecule has 7 atom stereocenters. The zero-order valence-corrected chi connectivity index (χ0v) is 29.8. The van der Waals surface area contributed by atoms with E-state index in [0.29, 0.717) is 34.2 Å². The molecule has 1 saturated heterocycles. The van der Waals surface area contributed by atoms with Gasteiger partial charge in [0.15, 0.2) is 0 Å². The van der Waals surface area contributed by atoms with E-state index in [4.69, 9.17) is 0 Å². The van der Waals surface area contributed by atoms with E-state index >= 15 is 0 Å². The van der Waals surface area contributed by atoms with E-state index in [-0.39, 0.29) is 5.41 Å². The Morgan fingerprint density at radius 2 is 1.46 bits per heavy atom. The van der Waals surface area contributed by atoms with E-state index in [1.54, 1.807) is 50.1 Å². The molecule has 246 valence electrons. The molecule has 11 rings (SSSR count). The summed E-state index contributed by atoms with van der Waals surface area (Å²) in [6, 6.07) is 37.6. The van der Waals surface area contributed by atoms with Gasteiger partial charge < -0.3 is 0 Å². The van der Waals surface area contributed by atoms with Crippen LogP contribution in [0.4, 0.5) is 0 Å². The maximum atomic E-state index is 2.87. The molecule has 1 aliphatic heterocycles. The molecule has 0 amide bonds. The summed E-state index contributed by atoms with van der Waals surface area (Å²) in [6.45, 7) is 2.49. The van der Waals surface area contributed by atoms with Crippen molar-refractivity contribution in [3.05, 3.63) is 182 Å². The number of fused-ring (bicyclic) bond motifs is 13. The minimum atomic E-state index is -0.0650. The van der Waals surface area contributed by atoms with Gasteiger partial charge >= 0.3 is 0 Å². The van der Waals surface area contributed by atoms with Gasteiger partial charge in [0, 0.05) is 15.9 Å². The first-order valence-electron chi connectivity index (χ1n) is 19.2. The van der Waals surface area contributed by atoms with Gasteiger partial charge in [0.05, 0.1) is 0 Å². The Labute approximate surface area is 301 Å². The van der Waals surface area contributed by atoms with E-state index in [1.807, 2.05) is 0 Å². The van der Waals surface area contributed by atoms with Crippen LogP contribution in [0.5, 0.6) is 0 Å². The van der Waals surface area contributed by atoms with Crippen LogP contribution < -0.4 is 0 Å². The highest BCUT2D eigenvalue weighted by atomic mass is 32.2. The summed E-state index contributed by atoms with van der Waals surface area (Å²) in [5.74, 6) is 2.10. The molecule has 0 saturated carbocycles. The van der Waals surface area contributed by atoms with Crippen LogP contribution in [0.15, 0.2) is 138 Å². The van der Waals surface area contributed by atoms with Crippen LogP contribution >= 0.6 is 11.8 Å². The fourth-order valence-corrected chi connectivity index (χ4v) is 13.9. The van der Waals surface area contributed by atoms with Gasteiger partial charge in [-0.2, -0.15) is 0 Å². The van der Waals surface area contributed by atoms with Gasteiger partial charge in [-0.15, -0.1) is 11.8 Å². The average Bonchev–Trinajstić information content (AvgIpc) is 3.68. The second-order valence-corrected chi connectivity index (χ2v) is 17.4. The average molecular weight is 665 g/mol. The van der Waals surface area contributed by atoms with Gasteiger partial charge in [-0.1, -0.05) is 140 Å². The first kappa shape index (κ1) is 29.6. The maximum absolute atomic E-state index is 2.87. The van der Waals surface area contributed by atoms with Crippen LogP contribution in [-0.2, 0) is 18.3 Å². The molecule has 50 heavy (non-hydrogen) atoms. The largest absolute Gasteiger partial charge is 0.149 e. The molecule has 0 N–H and O–H groups in total. The van der Waals surface area contributed by atoms with Crippen LogP contribution in [0.1, 0.15) is 88.8 Å². The van der Waals surface area contributed by atoms with E-state index in [9.17, 15) is 0 Å². The second-order valence-electron chi connectivity index (χ2n) is 16.1. The number of allylic oxidation sites excluding steroid dienone is 8. The minimum Gasteiger partial charge on any atom is -0.149 e. The van der Waals surface area contributed by atoms with Gasteiger partial charge in [-0.25, -0.2) is 0 Å². The van der Waals surface area contributed by atoms with E-state index in [0.717, 1.165) is 25.7 Å². The van der Waals surface area contributed by atoms with Crippen molar-refractivity contribution in [3.8, 4) is 0 Å². The summed E-state index contributed by atoms with van der Waals surface area (Å²) in [6.07, 6.45) is 21.1. The summed E-state index contributed by atoms with van der Waals surface area (Å²) in [7, 11) is 0. The molecule has 6 aliphatic carbocycles. The summed E-state index contributed by atoms with van der Waals surface area (Å²) < 4.78 is 0. The van der Waals surface area contributed by atoms with Crippen molar-refractivity contribution >= 4 is 29.5 Å². The Balaban J connectivity index is 1.14. The molecule has 0 bridgehead atoms. The molecule has 0 aromatic heterocycles. The van der Waals surface area contributed by atoms with Crippen LogP contribution in [0.25, 0.3) is 17.7 Å². The number of hydrogen-bond donors (Lipinski definition) is 0. The Bertz CT molecular complexity index is 2240. The highest BCUT2D eigenvalue weighted by Gasteiger charge is 2.65. The van der Waals surface area contributed by atoms with Gasteiger partial charge in [-0.3, -0.25) is 0 Å². The third kappa shape index (κ3) is 4.08. The van der Waals surface area contributed by atoms with Crippen molar-refractivity contribution in [1.29, 1.82) is 0 Å². The lowest BCUT2D eigenvalue weighted by Gasteiger charge is -2.44. The highest BCUT2D eigenvalue weighted by Crippen LogP contribution is 2.74. The smallest absolute Gasteiger partial charge is 0.0477 e. The number of rotatable bonds is 2. The highest BCUT2D eigenvalue weighted by molar-refractivity contribution is 8.00. The van der Waals surface area contributed by atoms with Crippen molar-refractivity contribution in [2.75, 3.05) is 0 Å². The van der Waals surface area contributed by atoms with Crippen molar-refractivity contribution in [2.24, 2.45) is 23.7 Å². The molecule has 1 spiro atoms. The predicted octanol–water partition coefficient (Wildman–Crippen LogP) is 12.1. The lowest BCUT2D eigenvalue weighted by Crippen LogP contribution is -2.41. The fraction of sp³-hybridized carbons (Fsp3) is 0.306. The monoisotopic (exact) mass is 664 g/mol. The topological polar surface area (TPSA) is 0 Å². The summed E-state index contributed by atoms with van der Waals surface area (Å²) in [5, 5.41) is 1.09. The van der Waals surface area contributed by atoms with E-state index in [1.165, 1.54) is 41.5 Å². The normalized spacial score (nSPS) is 31.3. The molecule has 5 unspecified atom stereocenters. The van der Waals surface area contributed by atoms with Crippen LogP contribution in [0, 0.1) is 23.7 Å². The molecule has 1 fully saturated rings. The quantitative estimate of drug-likeness (QED) is 0.192. The third-order valence-corrected chi connectivity index (χ3v) is 15.6. The van der Waals surface area contributed by atoms with E-state index in [2.05, 4.69) is 146 Å². The maximum Gasteiger partial charge on any atom is 0.0477 e. The number of hydrogen-bond acceptors (Lipinski definition) is 1. The van der Waals surface area contributed by atoms with Crippen LogP contribution in [0.2, 0.25) is 0 Å². The van der Waals surface area contributed by atoms with Crippen molar-refractivity contribution in [3.63, 3.8) is 0 Å². The Morgan fingerprint density at radius 3 is 2.36 bits per heavy atom. The lowest BCUT2D eigenvalue weighted by molar-refractivity contribution is 0.286. The molecular weight excluding hydrogens is 621 g/mol. The number of aryl methyl sites for hydroxylation is 1. The van der Waals surface area contributed by atoms with Crippen molar-refractivity contribution < 1.29 is 0 Å². The Kier molecular flexibility index (Phi) is 6.65. The molecular formula is C49H44S. The third-order valence-electron chi connectivity index (χ3n) is 13.8. The van der Waals surface area contributed by atoms with Gasteiger partial charge in [0.2, 0.25) is 0 Å². The van der Waals surface area contributed by atoms with Crippen LogP contribution in [0.3, 0.4) is 0 Å². The second kappa shape index (κ2) is 11.2. The first-order valence-corrected chi connectivity index (χ1v) is 20.2. The summed E-state index contributed by atoms with van der Waals surface area (Å²) in [4.78, 5) is 0. The molecule has 7 aliphatic rings. The van der Waals surface area contributed by atoms with E-state index < -0.39 is 0 Å². The summed E-state index contributed by atoms with van der Waals surface area (Å²) >= 11 is 2.36. The fourth-order valence-electron chi connectivity index (χ4n) is 11.8. The molecule has 4 aromatic rings. The minimum absolute atomic E-state index is 0.0650. The zero-order chi connectivity index (χ0) is 33.0. The molecule has 4 aromatic carbocycles. The Morgan fingerprint density at radius 1 is 0.700 bits per heavy atom. The zero-order valence-electron chi connectivity index (χ0n) is 28.9. The Hall–Kier alpha value is -4.07. The first-order chi connectivity index (χ1) is 24.7. The molecule has 1 heteroatoms. The van der Waals surface area contributed by atoms with Crippen molar-refractivity contribution in [1.82, 2.24) is 0 Å². The van der Waals surface area contributed by atoms with Gasteiger partial charge in [0.25, 0.3) is 0 Å². The number of thioether (sulfide) groups is 1. The molecule has 0 radical (unpaired) electrons. The lowest BCUT2D eigenvalue weighted by atomic mass is 9.59. The standard InChI is InChI=1S/C49H44S/c1-30-25-32-14-7-8-16-34(32)27-40(30)36-28-41(35-24-23-31-13-5-6-15-33(31)26-35)47-42(29-36)46-48(50-47)39-19-10-12-22-45(39)49(46)43-20-4-2-3-17-37(43)38-18-9-11-21-44(38)49/h2,4-16,18-19,21-22,26-27,29-30,41-42,46-48H,3,17,20,23-25,28H2,1H3/t30-,41?,42?,46?,47?,48?,49+/m0/s1. The predicted molar refractivity (Wildman–Crippen MR) is 211 cm³/mol. The number of benzene rings is 4. The van der Waals surface area contributed by atoms with Crippen LogP contribution in [-0.4, -0.2) is 5.25 Å². The van der Waals surface area contributed by atoms with Gasteiger partial charge in [0.1, 0.15) is 0 Å². The SMILES string of the molecule is C[C@H]1Cc2ccccc2C=C1C1=CC2C(SC3c4ccccc4[C@]4(C5=C(CCC=CC5)c5ccccc54)C32)C(C2=Cc3ccccc3CC2)C1. The molecule has 1 heterocycles. The summed E-state index contributed by atoms with van der Waals surface area (Å²) in [5.41, 5.74) is 20.5. The van der Waals surface area contributed by atoms with Crippen molar-refractivity contribution in [2.45, 2.75) is 67.8 Å². The van der Waals surface area contributed by atoms with Gasteiger partial charge in [-0.05, 0) is 135 Å². The molecule has 0 nitrogen and oxygen atoms in total.